The number of nitrogens with one attached hydrogen (secondary N) is 2. The third kappa shape index (κ3) is 9.01. The van der Waals surface area contributed by atoms with Gasteiger partial charge in [-0.2, -0.15) is 0 Å². The maximum absolute atomic E-state index is 12.9. The molecule has 45 heavy (non-hydrogen) atoms. The zero-order valence-electron chi connectivity index (χ0n) is 24.3. The van der Waals surface area contributed by atoms with Crippen LogP contribution in [0.15, 0.2) is 84.9 Å². The Morgan fingerprint density at radius 2 is 1.42 bits per heavy atom. The van der Waals surface area contributed by atoms with Crippen molar-refractivity contribution in [3.05, 3.63) is 113 Å². The average Bonchev–Trinajstić information content (AvgIpc) is 3.05. The van der Waals surface area contributed by atoms with Crippen molar-refractivity contribution >= 4 is 34.9 Å². The summed E-state index contributed by atoms with van der Waals surface area (Å²) < 4.78 is 16.1. The normalized spacial score (nSPS) is 10.6. The summed E-state index contributed by atoms with van der Waals surface area (Å²) in [6.07, 6.45) is 0. The van der Waals surface area contributed by atoms with Gasteiger partial charge >= 0.3 is 11.9 Å². The number of methoxy groups -OCH3 is 1. The molecule has 13 heteroatoms. The fraction of sp³-hybridized carbons (Fsp3) is 0.156. The van der Waals surface area contributed by atoms with Crippen molar-refractivity contribution in [3.63, 3.8) is 0 Å². The lowest BCUT2D eigenvalue weighted by Gasteiger charge is -2.14. The van der Waals surface area contributed by atoms with E-state index in [0.717, 1.165) is 0 Å². The van der Waals surface area contributed by atoms with E-state index in [1.807, 2.05) is 0 Å². The van der Waals surface area contributed by atoms with Crippen molar-refractivity contribution in [1.29, 1.82) is 0 Å². The van der Waals surface area contributed by atoms with Crippen LogP contribution in [0.1, 0.15) is 42.2 Å². The summed E-state index contributed by atoms with van der Waals surface area (Å²) in [6.45, 7) is -0.142. The molecule has 4 aromatic carbocycles. The van der Waals surface area contributed by atoms with Gasteiger partial charge in [-0.3, -0.25) is 10.1 Å². The molecule has 0 aromatic heterocycles. The lowest BCUT2D eigenvalue weighted by molar-refractivity contribution is -0.282. The van der Waals surface area contributed by atoms with Crippen LogP contribution in [0.5, 0.6) is 11.5 Å². The quantitative estimate of drug-likeness (QED) is 0.0559. The van der Waals surface area contributed by atoms with Gasteiger partial charge in [-0.05, 0) is 78.4 Å². The first-order valence-corrected chi connectivity index (χ1v) is 13.3. The molecule has 4 N–H and O–H groups in total. The SMILES string of the molecule is COOCc1ccc(C(=O)O)c(C(=O)Nc2ccc(OCOc3ccc(Nc4cc(C(=O)OC)ccc4COO)cc3)cc2)c1. The minimum absolute atomic E-state index is 0.0241. The number of hydrogen-bond donors (Lipinski definition) is 4. The van der Waals surface area contributed by atoms with Crippen LogP contribution in [0.2, 0.25) is 0 Å². The third-order valence-electron chi connectivity index (χ3n) is 6.35. The minimum Gasteiger partial charge on any atom is -0.478 e. The lowest BCUT2D eigenvalue weighted by Crippen LogP contribution is -2.17. The van der Waals surface area contributed by atoms with Gasteiger partial charge in [-0.1, -0.05) is 12.1 Å². The number of ether oxygens (including phenoxy) is 3. The Kier molecular flexibility index (Phi) is 11.4. The van der Waals surface area contributed by atoms with E-state index in [1.165, 1.54) is 32.4 Å². The van der Waals surface area contributed by atoms with E-state index in [1.54, 1.807) is 66.7 Å². The van der Waals surface area contributed by atoms with E-state index >= 15 is 0 Å². The summed E-state index contributed by atoms with van der Waals surface area (Å²) in [4.78, 5) is 50.1. The highest BCUT2D eigenvalue weighted by Crippen LogP contribution is 2.26. The van der Waals surface area contributed by atoms with E-state index in [2.05, 4.69) is 20.4 Å². The molecule has 0 radical (unpaired) electrons. The van der Waals surface area contributed by atoms with Gasteiger partial charge in [0.2, 0.25) is 6.79 Å². The van der Waals surface area contributed by atoms with Crippen LogP contribution >= 0.6 is 0 Å². The van der Waals surface area contributed by atoms with Crippen LogP contribution in [-0.4, -0.2) is 49.2 Å². The highest BCUT2D eigenvalue weighted by atomic mass is 17.2. The number of aromatic carboxylic acids is 1. The molecule has 0 aliphatic carbocycles. The number of rotatable bonds is 15. The van der Waals surface area contributed by atoms with Crippen molar-refractivity contribution in [2.45, 2.75) is 13.2 Å². The Labute approximate surface area is 257 Å². The fourth-order valence-electron chi connectivity index (χ4n) is 4.10. The van der Waals surface area contributed by atoms with Crippen molar-refractivity contribution in [1.82, 2.24) is 0 Å². The van der Waals surface area contributed by atoms with Crippen LogP contribution in [0.4, 0.5) is 17.1 Å². The Morgan fingerprint density at radius 3 is 2.02 bits per heavy atom. The number of carbonyl (C=O) groups excluding carboxylic acids is 2. The zero-order valence-corrected chi connectivity index (χ0v) is 24.3. The summed E-state index contributed by atoms with van der Waals surface area (Å²) >= 11 is 0. The van der Waals surface area contributed by atoms with Gasteiger partial charge in [0.15, 0.2) is 0 Å². The number of carboxylic acids is 1. The molecule has 13 nitrogen and oxygen atoms in total. The molecule has 0 spiro atoms. The largest absolute Gasteiger partial charge is 0.478 e. The predicted octanol–water partition coefficient (Wildman–Crippen LogP) is 5.65. The van der Waals surface area contributed by atoms with Crippen LogP contribution in [-0.2, 0) is 32.6 Å². The van der Waals surface area contributed by atoms with Gasteiger partial charge in [-0.25, -0.2) is 24.3 Å². The van der Waals surface area contributed by atoms with E-state index in [0.29, 0.717) is 45.3 Å². The van der Waals surface area contributed by atoms with Crippen LogP contribution in [0.25, 0.3) is 0 Å². The van der Waals surface area contributed by atoms with E-state index in [9.17, 15) is 19.5 Å². The van der Waals surface area contributed by atoms with Gasteiger partial charge in [-0.15, -0.1) is 0 Å². The van der Waals surface area contributed by atoms with Crippen molar-refractivity contribution in [3.8, 4) is 11.5 Å². The standard InChI is InChI=1S/C32H30N2O11/c1-40-32(38)21-4-5-22(18-44-39)29(16-21)33-23-6-10-25(11-7-23)42-19-43-26-12-8-24(9-13-26)34-30(35)28-15-20(17-45-41-2)3-14-27(28)31(36)37/h3-16,33,39H,17-19H2,1-2H3,(H,34,35)(H,36,37). The van der Waals surface area contributed by atoms with E-state index in [4.69, 9.17) is 24.4 Å². The number of carboxylic acid groups (broad SMARTS) is 1. The first-order chi connectivity index (χ1) is 21.8. The molecule has 0 bridgehead atoms. The lowest BCUT2D eigenvalue weighted by atomic mass is 10.0. The molecule has 1 amide bonds. The summed E-state index contributed by atoms with van der Waals surface area (Å²) in [6, 6.07) is 22.6. The molecule has 0 saturated carbocycles. The third-order valence-corrected chi connectivity index (χ3v) is 6.35. The van der Waals surface area contributed by atoms with E-state index < -0.39 is 17.8 Å². The summed E-state index contributed by atoms with van der Waals surface area (Å²) in [7, 11) is 2.64. The van der Waals surface area contributed by atoms with Crippen molar-refractivity contribution in [2.24, 2.45) is 0 Å². The molecule has 4 rings (SSSR count). The molecule has 4 aromatic rings. The monoisotopic (exact) mass is 618 g/mol. The number of hydrogen-bond acceptors (Lipinski definition) is 11. The number of esters is 1. The van der Waals surface area contributed by atoms with Crippen molar-refractivity contribution < 1.29 is 53.6 Å². The molecule has 0 fully saturated rings. The second-order valence-electron chi connectivity index (χ2n) is 9.29. The highest BCUT2D eigenvalue weighted by Gasteiger charge is 2.18. The number of anilines is 3. The topological polar surface area (TPSA) is 171 Å². The van der Waals surface area contributed by atoms with E-state index in [-0.39, 0.29) is 31.1 Å². The highest BCUT2D eigenvalue weighted by molar-refractivity contribution is 6.10. The molecule has 0 heterocycles. The predicted molar refractivity (Wildman–Crippen MR) is 161 cm³/mol. The molecule has 0 saturated heterocycles. The maximum Gasteiger partial charge on any atom is 0.337 e. The van der Waals surface area contributed by atoms with Crippen molar-refractivity contribution in [2.75, 3.05) is 31.6 Å². The average molecular weight is 619 g/mol. The molecule has 0 aliphatic heterocycles. The minimum atomic E-state index is -1.23. The first-order valence-electron chi connectivity index (χ1n) is 13.3. The van der Waals surface area contributed by atoms with Gasteiger partial charge in [0.05, 0.1) is 30.9 Å². The summed E-state index contributed by atoms with van der Waals surface area (Å²) in [5.41, 5.74) is 3.01. The zero-order chi connectivity index (χ0) is 32.2. The smallest absolute Gasteiger partial charge is 0.337 e. The number of amides is 1. The Balaban J connectivity index is 1.31. The Hall–Kier alpha value is -5.47. The molecule has 234 valence electrons. The van der Waals surface area contributed by atoms with Gasteiger partial charge < -0.3 is 30.0 Å². The fourth-order valence-corrected chi connectivity index (χ4v) is 4.10. The number of benzene rings is 4. The molecular weight excluding hydrogens is 588 g/mol. The summed E-state index contributed by atoms with van der Waals surface area (Å²) in [5, 5.41) is 24.2. The van der Waals surface area contributed by atoms with Gasteiger partial charge in [0.25, 0.3) is 5.91 Å². The molecule has 0 atom stereocenters. The van der Waals surface area contributed by atoms with Gasteiger partial charge in [0, 0.05) is 22.6 Å². The second-order valence-corrected chi connectivity index (χ2v) is 9.29. The second kappa shape index (κ2) is 15.8. The van der Waals surface area contributed by atoms with Crippen LogP contribution < -0.4 is 20.1 Å². The number of carbonyl (C=O) groups is 3. The summed E-state index contributed by atoms with van der Waals surface area (Å²) in [5.74, 6) is -1.33. The Bertz CT molecular complexity index is 1620. The van der Waals surface area contributed by atoms with Gasteiger partial charge in [0.1, 0.15) is 24.7 Å². The van der Waals surface area contributed by atoms with Crippen LogP contribution in [0.3, 0.4) is 0 Å². The molecular formula is C32H30N2O11. The molecule has 0 unspecified atom stereocenters. The maximum atomic E-state index is 12.9. The van der Waals surface area contributed by atoms with Crippen LogP contribution in [0, 0.1) is 0 Å². The first kappa shape index (κ1) is 32.4. The Morgan fingerprint density at radius 1 is 0.756 bits per heavy atom. The molecule has 0 aliphatic rings.